The number of hydrogen-bond acceptors (Lipinski definition) is 4. The molecular weight excluding hydrogens is 323 g/mol. The number of ether oxygens (including phenoxy) is 1. The van der Waals surface area contributed by atoms with Crippen LogP contribution in [-0.4, -0.2) is 20.1 Å². The molecule has 1 N–H and O–H groups in total. The van der Waals surface area contributed by atoms with Gasteiger partial charge in [0.15, 0.2) is 0 Å². The first kappa shape index (κ1) is 15.9. The van der Waals surface area contributed by atoms with Gasteiger partial charge in [-0.1, -0.05) is 17.3 Å². The lowest BCUT2D eigenvalue weighted by atomic mass is 10.2. The van der Waals surface area contributed by atoms with Crippen molar-refractivity contribution in [3.8, 4) is 17.2 Å². The van der Waals surface area contributed by atoms with E-state index in [4.69, 9.17) is 4.74 Å². The van der Waals surface area contributed by atoms with E-state index >= 15 is 0 Å². The lowest BCUT2D eigenvalue weighted by Gasteiger charge is -2.08. The van der Waals surface area contributed by atoms with E-state index < -0.39 is 11.7 Å². The highest BCUT2D eigenvalue weighted by Gasteiger charge is 2.30. The molecule has 0 amide bonds. The van der Waals surface area contributed by atoms with Gasteiger partial charge in [-0.25, -0.2) is 4.68 Å². The van der Waals surface area contributed by atoms with E-state index in [0.29, 0.717) is 17.1 Å². The van der Waals surface area contributed by atoms with Crippen LogP contribution in [0.5, 0.6) is 11.5 Å². The number of aromatic nitrogens is 3. The van der Waals surface area contributed by atoms with Crippen molar-refractivity contribution in [1.29, 1.82) is 0 Å². The predicted molar refractivity (Wildman–Crippen MR) is 78.8 cm³/mol. The Balaban J connectivity index is 1.67. The van der Waals surface area contributed by atoms with E-state index in [2.05, 4.69) is 10.3 Å². The Kier molecular flexibility index (Phi) is 4.11. The van der Waals surface area contributed by atoms with Gasteiger partial charge in [0.1, 0.15) is 29.5 Å². The number of alkyl halides is 3. The van der Waals surface area contributed by atoms with Crippen LogP contribution in [0.1, 0.15) is 11.3 Å². The van der Waals surface area contributed by atoms with E-state index in [0.717, 1.165) is 12.1 Å². The molecule has 0 aliphatic heterocycles. The molecule has 0 spiro atoms. The average molecular weight is 335 g/mol. The summed E-state index contributed by atoms with van der Waals surface area (Å²) in [5.41, 5.74) is 0.198. The first-order chi connectivity index (χ1) is 11.4. The fourth-order valence-electron chi connectivity index (χ4n) is 2.04. The molecule has 0 saturated carbocycles. The quantitative estimate of drug-likeness (QED) is 0.792. The largest absolute Gasteiger partial charge is 0.506 e. The summed E-state index contributed by atoms with van der Waals surface area (Å²) in [5.74, 6) is 0.345. The number of phenolic OH excluding ortho intramolecular Hbond substituents is 1. The second-order valence-corrected chi connectivity index (χ2v) is 4.95. The molecule has 124 valence electrons. The highest BCUT2D eigenvalue weighted by atomic mass is 19.4. The van der Waals surface area contributed by atoms with Crippen LogP contribution in [0.4, 0.5) is 13.2 Å². The summed E-state index contributed by atoms with van der Waals surface area (Å²) in [6.07, 6.45) is -2.81. The summed E-state index contributed by atoms with van der Waals surface area (Å²) in [7, 11) is 0. The summed E-state index contributed by atoms with van der Waals surface area (Å²) in [4.78, 5) is 0. The van der Waals surface area contributed by atoms with Gasteiger partial charge >= 0.3 is 6.18 Å². The van der Waals surface area contributed by atoms with Crippen molar-refractivity contribution < 1.29 is 23.0 Å². The van der Waals surface area contributed by atoms with Gasteiger partial charge in [0.05, 0.1) is 11.8 Å². The first-order valence-electron chi connectivity index (χ1n) is 6.93. The average Bonchev–Trinajstić information content (AvgIpc) is 3.02. The molecule has 0 saturated heterocycles. The van der Waals surface area contributed by atoms with Crippen molar-refractivity contribution in [3.63, 3.8) is 0 Å². The van der Waals surface area contributed by atoms with Gasteiger partial charge in [0.25, 0.3) is 0 Å². The third-order valence-corrected chi connectivity index (χ3v) is 3.24. The molecule has 0 aliphatic carbocycles. The molecule has 1 heterocycles. The Labute approximate surface area is 134 Å². The summed E-state index contributed by atoms with van der Waals surface area (Å²) in [6.45, 7) is 0.0406. The van der Waals surface area contributed by atoms with Crippen molar-refractivity contribution in [2.45, 2.75) is 12.8 Å². The summed E-state index contributed by atoms with van der Waals surface area (Å²) < 4.78 is 44.2. The SMILES string of the molecule is Oc1ccccc1-n1cc(COc2ccc(C(F)(F)F)cc2)nn1. The zero-order valence-corrected chi connectivity index (χ0v) is 12.2. The first-order valence-corrected chi connectivity index (χ1v) is 6.93. The van der Waals surface area contributed by atoms with Gasteiger partial charge in [-0.05, 0) is 36.4 Å². The molecule has 0 fully saturated rings. The Bertz CT molecular complexity index is 829. The highest BCUT2D eigenvalue weighted by molar-refractivity contribution is 5.44. The fraction of sp³-hybridized carbons (Fsp3) is 0.125. The maximum absolute atomic E-state index is 12.5. The zero-order chi connectivity index (χ0) is 17.2. The Morgan fingerprint density at radius 2 is 1.75 bits per heavy atom. The number of aromatic hydroxyl groups is 1. The number of phenols is 1. The van der Waals surface area contributed by atoms with Crippen LogP contribution in [0.2, 0.25) is 0 Å². The zero-order valence-electron chi connectivity index (χ0n) is 12.2. The van der Waals surface area contributed by atoms with Crippen LogP contribution >= 0.6 is 0 Å². The molecule has 0 radical (unpaired) electrons. The molecule has 8 heteroatoms. The number of benzene rings is 2. The summed E-state index contributed by atoms with van der Waals surface area (Å²) in [5, 5.41) is 17.5. The lowest BCUT2D eigenvalue weighted by Crippen LogP contribution is -2.04. The Hall–Kier alpha value is -3.03. The molecule has 0 bridgehead atoms. The van der Waals surface area contributed by atoms with E-state index in [1.165, 1.54) is 22.9 Å². The van der Waals surface area contributed by atoms with E-state index in [-0.39, 0.29) is 12.4 Å². The molecule has 5 nitrogen and oxygen atoms in total. The molecule has 3 aromatic rings. The second-order valence-electron chi connectivity index (χ2n) is 4.95. The van der Waals surface area contributed by atoms with Crippen LogP contribution in [0.25, 0.3) is 5.69 Å². The van der Waals surface area contributed by atoms with Crippen LogP contribution in [-0.2, 0) is 12.8 Å². The van der Waals surface area contributed by atoms with E-state index in [1.807, 2.05) is 0 Å². The molecule has 3 rings (SSSR count). The normalized spacial score (nSPS) is 11.5. The van der Waals surface area contributed by atoms with E-state index in [1.54, 1.807) is 24.4 Å². The van der Waals surface area contributed by atoms with Crippen LogP contribution in [0.3, 0.4) is 0 Å². The number of hydrogen-bond donors (Lipinski definition) is 1. The molecule has 2 aromatic carbocycles. The van der Waals surface area contributed by atoms with Gasteiger partial charge < -0.3 is 9.84 Å². The molecular formula is C16H12F3N3O2. The minimum Gasteiger partial charge on any atom is -0.506 e. The smallest absolute Gasteiger partial charge is 0.416 e. The Morgan fingerprint density at radius 3 is 2.42 bits per heavy atom. The minimum absolute atomic E-state index is 0.0406. The number of para-hydroxylation sites is 2. The maximum atomic E-state index is 12.5. The van der Waals surface area contributed by atoms with Crippen molar-refractivity contribution in [1.82, 2.24) is 15.0 Å². The van der Waals surface area contributed by atoms with Crippen LogP contribution in [0, 0.1) is 0 Å². The Morgan fingerprint density at radius 1 is 1.04 bits per heavy atom. The monoisotopic (exact) mass is 335 g/mol. The van der Waals surface area contributed by atoms with Crippen molar-refractivity contribution in [3.05, 3.63) is 66.0 Å². The summed E-state index contributed by atoms with van der Waals surface area (Å²) >= 11 is 0. The molecule has 24 heavy (non-hydrogen) atoms. The van der Waals surface area contributed by atoms with Gasteiger partial charge in [-0.15, -0.1) is 5.10 Å². The minimum atomic E-state index is -4.38. The van der Waals surface area contributed by atoms with Crippen LogP contribution in [0.15, 0.2) is 54.7 Å². The third kappa shape index (κ3) is 3.48. The standard InChI is InChI=1S/C16H12F3N3O2/c17-16(18,19)11-5-7-13(8-6-11)24-10-12-9-22(21-20-12)14-3-1-2-4-15(14)23/h1-9,23H,10H2. The third-order valence-electron chi connectivity index (χ3n) is 3.24. The van der Waals surface area contributed by atoms with Gasteiger partial charge in [-0.3, -0.25) is 0 Å². The number of rotatable bonds is 4. The molecule has 0 atom stereocenters. The molecule has 1 aromatic heterocycles. The topological polar surface area (TPSA) is 60.2 Å². The highest BCUT2D eigenvalue weighted by Crippen LogP contribution is 2.30. The predicted octanol–water partition coefficient (Wildman–Crippen LogP) is 3.57. The van der Waals surface area contributed by atoms with Crippen molar-refractivity contribution >= 4 is 0 Å². The second kappa shape index (κ2) is 6.23. The number of nitrogens with zero attached hydrogens (tertiary/aromatic N) is 3. The maximum Gasteiger partial charge on any atom is 0.416 e. The molecule has 0 aliphatic rings. The van der Waals surface area contributed by atoms with Crippen molar-refractivity contribution in [2.24, 2.45) is 0 Å². The van der Waals surface area contributed by atoms with Gasteiger partial charge in [0.2, 0.25) is 0 Å². The van der Waals surface area contributed by atoms with E-state index in [9.17, 15) is 18.3 Å². The molecule has 0 unspecified atom stereocenters. The van der Waals surface area contributed by atoms with Gasteiger partial charge in [-0.2, -0.15) is 13.2 Å². The van der Waals surface area contributed by atoms with Crippen LogP contribution < -0.4 is 4.74 Å². The number of halogens is 3. The summed E-state index contributed by atoms with van der Waals surface area (Å²) in [6, 6.07) is 11.0. The lowest BCUT2D eigenvalue weighted by molar-refractivity contribution is -0.137. The fourth-order valence-corrected chi connectivity index (χ4v) is 2.04. The van der Waals surface area contributed by atoms with Crippen molar-refractivity contribution in [2.75, 3.05) is 0 Å². The van der Waals surface area contributed by atoms with Gasteiger partial charge in [0, 0.05) is 0 Å².